The third-order valence-electron chi connectivity index (χ3n) is 3.14. The molecule has 1 aromatic rings. The molecule has 1 aliphatic rings. The summed E-state index contributed by atoms with van der Waals surface area (Å²) in [5.74, 6) is 0.183. The van der Waals surface area contributed by atoms with Crippen LogP contribution in [0, 0.1) is 5.92 Å². The second-order valence-corrected chi connectivity index (χ2v) is 7.62. The Bertz CT molecular complexity index is 549. The number of pyridine rings is 1. The number of likely N-dealkylation sites (tertiary alicyclic amines) is 1. The third-order valence-corrected chi connectivity index (χ3v) is 5.58. The first-order valence-electron chi connectivity index (χ1n) is 6.31. The lowest BCUT2D eigenvalue weighted by Crippen LogP contribution is -2.57. The zero-order valence-corrected chi connectivity index (χ0v) is 11.9. The monoisotopic (exact) mass is 282 g/mol. The summed E-state index contributed by atoms with van der Waals surface area (Å²) in [6.45, 7) is 4.37. The van der Waals surface area contributed by atoms with Crippen LogP contribution in [0.15, 0.2) is 24.5 Å². The van der Waals surface area contributed by atoms with E-state index in [1.54, 1.807) is 29.4 Å². The molecule has 0 aromatic carbocycles. The fourth-order valence-corrected chi connectivity index (χ4v) is 4.12. The predicted octanol–water partition coefficient (Wildman–Crippen LogP) is 0.977. The lowest BCUT2D eigenvalue weighted by Gasteiger charge is -2.39. The molecule has 0 bridgehead atoms. The number of aromatic nitrogens is 1. The van der Waals surface area contributed by atoms with Gasteiger partial charge < -0.3 is 4.90 Å². The molecule has 2 rings (SSSR count). The van der Waals surface area contributed by atoms with Gasteiger partial charge in [-0.05, 0) is 18.1 Å². The standard InChI is InChI=1S/C13H18N2O3S/c1-10(2)9-19(17,18)12-7-15(8-12)13(16)11-3-5-14-6-4-11/h3-6,10,12H,7-9H2,1-2H3. The van der Waals surface area contributed by atoms with Crippen molar-refractivity contribution in [3.63, 3.8) is 0 Å². The predicted molar refractivity (Wildman–Crippen MR) is 72.6 cm³/mol. The molecule has 0 aliphatic carbocycles. The van der Waals surface area contributed by atoms with E-state index in [0.29, 0.717) is 18.7 Å². The van der Waals surface area contributed by atoms with Gasteiger partial charge in [0, 0.05) is 31.0 Å². The van der Waals surface area contributed by atoms with Crippen molar-refractivity contribution < 1.29 is 13.2 Å². The van der Waals surface area contributed by atoms with Crippen LogP contribution < -0.4 is 0 Å². The molecule has 1 aromatic heterocycles. The number of rotatable bonds is 4. The van der Waals surface area contributed by atoms with Gasteiger partial charge in [-0.15, -0.1) is 0 Å². The largest absolute Gasteiger partial charge is 0.336 e. The van der Waals surface area contributed by atoms with Gasteiger partial charge in [0.05, 0.1) is 11.0 Å². The normalized spacial score (nSPS) is 16.5. The zero-order chi connectivity index (χ0) is 14.0. The Morgan fingerprint density at radius 3 is 2.47 bits per heavy atom. The summed E-state index contributed by atoms with van der Waals surface area (Å²) < 4.78 is 24.0. The average Bonchev–Trinajstić information content (AvgIpc) is 2.25. The molecule has 1 aliphatic heterocycles. The molecule has 19 heavy (non-hydrogen) atoms. The number of sulfone groups is 1. The average molecular weight is 282 g/mol. The van der Waals surface area contributed by atoms with E-state index in [2.05, 4.69) is 4.98 Å². The van der Waals surface area contributed by atoms with Crippen LogP contribution in [-0.4, -0.2) is 48.3 Å². The van der Waals surface area contributed by atoms with Crippen LogP contribution in [0.25, 0.3) is 0 Å². The van der Waals surface area contributed by atoms with Crippen LogP contribution >= 0.6 is 0 Å². The molecule has 2 heterocycles. The zero-order valence-electron chi connectivity index (χ0n) is 11.1. The van der Waals surface area contributed by atoms with Crippen LogP contribution in [-0.2, 0) is 9.84 Å². The van der Waals surface area contributed by atoms with Crippen LogP contribution in [0.1, 0.15) is 24.2 Å². The van der Waals surface area contributed by atoms with E-state index in [1.165, 1.54) is 0 Å². The van der Waals surface area contributed by atoms with E-state index >= 15 is 0 Å². The van der Waals surface area contributed by atoms with Gasteiger partial charge in [0.1, 0.15) is 0 Å². The van der Waals surface area contributed by atoms with Crippen molar-refractivity contribution in [3.8, 4) is 0 Å². The molecule has 0 unspecified atom stereocenters. The van der Waals surface area contributed by atoms with Crippen molar-refractivity contribution in [1.82, 2.24) is 9.88 Å². The van der Waals surface area contributed by atoms with E-state index in [1.807, 2.05) is 13.8 Å². The van der Waals surface area contributed by atoms with Crippen LogP contribution in [0.5, 0.6) is 0 Å². The maximum atomic E-state index is 12.0. The van der Waals surface area contributed by atoms with Crippen molar-refractivity contribution >= 4 is 15.7 Å². The summed E-state index contributed by atoms with van der Waals surface area (Å²) in [4.78, 5) is 17.4. The van der Waals surface area contributed by atoms with Gasteiger partial charge in [-0.2, -0.15) is 0 Å². The highest BCUT2D eigenvalue weighted by Gasteiger charge is 2.39. The van der Waals surface area contributed by atoms with Gasteiger partial charge in [0.15, 0.2) is 9.84 Å². The second-order valence-electron chi connectivity index (χ2n) is 5.29. The summed E-state index contributed by atoms with van der Waals surface area (Å²) in [7, 11) is -3.08. The number of carbonyl (C=O) groups is 1. The number of amides is 1. The minimum atomic E-state index is -3.08. The highest BCUT2D eigenvalue weighted by Crippen LogP contribution is 2.21. The number of nitrogens with zero attached hydrogens (tertiary/aromatic N) is 2. The second kappa shape index (κ2) is 5.28. The van der Waals surface area contributed by atoms with Crippen molar-refractivity contribution in [2.24, 2.45) is 5.92 Å². The number of carbonyl (C=O) groups excluding carboxylic acids is 1. The first-order valence-corrected chi connectivity index (χ1v) is 8.02. The number of hydrogen-bond donors (Lipinski definition) is 0. The first kappa shape index (κ1) is 14.0. The maximum Gasteiger partial charge on any atom is 0.254 e. The molecule has 0 atom stereocenters. The fourth-order valence-electron chi connectivity index (χ4n) is 2.11. The van der Waals surface area contributed by atoms with Crippen molar-refractivity contribution in [3.05, 3.63) is 30.1 Å². The van der Waals surface area contributed by atoms with Gasteiger partial charge in [0.2, 0.25) is 0 Å². The molecule has 0 N–H and O–H groups in total. The maximum absolute atomic E-state index is 12.0. The van der Waals surface area contributed by atoms with Gasteiger partial charge in [-0.1, -0.05) is 13.8 Å². The van der Waals surface area contributed by atoms with E-state index in [0.717, 1.165) is 0 Å². The Kier molecular flexibility index (Phi) is 3.89. The summed E-state index contributed by atoms with van der Waals surface area (Å²) in [6.07, 6.45) is 3.11. The molecule has 5 nitrogen and oxygen atoms in total. The molecule has 104 valence electrons. The van der Waals surface area contributed by atoms with E-state index < -0.39 is 15.1 Å². The lowest BCUT2D eigenvalue weighted by atomic mass is 10.1. The number of hydrogen-bond acceptors (Lipinski definition) is 4. The van der Waals surface area contributed by atoms with E-state index in [-0.39, 0.29) is 17.6 Å². The summed E-state index contributed by atoms with van der Waals surface area (Å²) in [5, 5.41) is -0.402. The highest BCUT2D eigenvalue weighted by atomic mass is 32.2. The first-order chi connectivity index (χ1) is 8.90. The summed E-state index contributed by atoms with van der Waals surface area (Å²) in [6, 6.07) is 3.27. The minimum Gasteiger partial charge on any atom is -0.336 e. The Balaban J connectivity index is 1.95. The van der Waals surface area contributed by atoms with Gasteiger partial charge in [0.25, 0.3) is 5.91 Å². The Morgan fingerprint density at radius 1 is 1.37 bits per heavy atom. The minimum absolute atomic E-state index is 0.120. The van der Waals surface area contributed by atoms with Gasteiger partial charge >= 0.3 is 0 Å². The van der Waals surface area contributed by atoms with E-state index in [4.69, 9.17) is 0 Å². The Labute approximate surface area is 113 Å². The SMILES string of the molecule is CC(C)CS(=O)(=O)C1CN(C(=O)c2ccncc2)C1. The van der Waals surface area contributed by atoms with Crippen LogP contribution in [0.3, 0.4) is 0 Å². The molecular formula is C13H18N2O3S. The van der Waals surface area contributed by atoms with Crippen molar-refractivity contribution in [2.45, 2.75) is 19.1 Å². The third kappa shape index (κ3) is 3.12. The Hall–Kier alpha value is -1.43. The summed E-state index contributed by atoms with van der Waals surface area (Å²) in [5.41, 5.74) is 0.551. The molecule has 1 saturated heterocycles. The molecule has 6 heteroatoms. The topological polar surface area (TPSA) is 67.3 Å². The smallest absolute Gasteiger partial charge is 0.254 e. The molecule has 0 spiro atoms. The van der Waals surface area contributed by atoms with Gasteiger partial charge in [-0.3, -0.25) is 9.78 Å². The highest BCUT2D eigenvalue weighted by molar-refractivity contribution is 7.92. The molecular weight excluding hydrogens is 264 g/mol. The van der Waals surface area contributed by atoms with Crippen molar-refractivity contribution in [1.29, 1.82) is 0 Å². The fraction of sp³-hybridized carbons (Fsp3) is 0.538. The van der Waals surface area contributed by atoms with Crippen LogP contribution in [0.4, 0.5) is 0 Å². The van der Waals surface area contributed by atoms with Crippen molar-refractivity contribution in [2.75, 3.05) is 18.8 Å². The molecule has 1 fully saturated rings. The molecule has 0 saturated carbocycles. The lowest BCUT2D eigenvalue weighted by molar-refractivity contribution is 0.0658. The summed E-state index contributed by atoms with van der Waals surface area (Å²) >= 11 is 0. The molecule has 1 amide bonds. The van der Waals surface area contributed by atoms with E-state index in [9.17, 15) is 13.2 Å². The quantitative estimate of drug-likeness (QED) is 0.825. The van der Waals surface area contributed by atoms with Gasteiger partial charge in [-0.25, -0.2) is 8.42 Å². The molecule has 0 radical (unpaired) electrons. The Morgan fingerprint density at radius 2 is 1.95 bits per heavy atom. The van der Waals surface area contributed by atoms with Crippen LogP contribution in [0.2, 0.25) is 0 Å².